The molecule has 3 N–H and O–H groups in total. The van der Waals surface area contributed by atoms with Crippen molar-refractivity contribution in [3.8, 4) is 0 Å². The third-order valence-corrected chi connectivity index (χ3v) is 4.76. The van der Waals surface area contributed by atoms with Crippen LogP contribution in [0.3, 0.4) is 0 Å². The van der Waals surface area contributed by atoms with Crippen molar-refractivity contribution in [2.24, 2.45) is 0 Å². The molecule has 1 atom stereocenters. The third-order valence-electron chi connectivity index (χ3n) is 4.76. The van der Waals surface area contributed by atoms with Crippen LogP contribution in [-0.4, -0.2) is 52.8 Å². The van der Waals surface area contributed by atoms with Crippen molar-refractivity contribution in [1.29, 1.82) is 0 Å². The first-order valence-corrected chi connectivity index (χ1v) is 9.24. The van der Waals surface area contributed by atoms with Crippen LogP contribution >= 0.6 is 0 Å². The molecule has 2 heterocycles. The van der Waals surface area contributed by atoms with Gasteiger partial charge in [0.15, 0.2) is 0 Å². The molecule has 26 heavy (non-hydrogen) atoms. The van der Waals surface area contributed by atoms with Gasteiger partial charge in [-0.2, -0.15) is 0 Å². The molecular formula is C19H27N5O2. The summed E-state index contributed by atoms with van der Waals surface area (Å²) in [6.45, 7) is 3.67. The van der Waals surface area contributed by atoms with Crippen molar-refractivity contribution in [3.05, 3.63) is 36.2 Å². The zero-order valence-electron chi connectivity index (χ0n) is 15.2. The van der Waals surface area contributed by atoms with Gasteiger partial charge in [0.25, 0.3) is 0 Å². The van der Waals surface area contributed by atoms with Gasteiger partial charge in [-0.15, -0.1) is 0 Å². The molecule has 1 saturated heterocycles. The Hall–Kier alpha value is -2.41. The Morgan fingerprint density at radius 2 is 2.15 bits per heavy atom. The summed E-state index contributed by atoms with van der Waals surface area (Å²) < 4.78 is 0. The second kappa shape index (κ2) is 8.80. The maximum Gasteiger partial charge on any atom is 0.217 e. The van der Waals surface area contributed by atoms with Gasteiger partial charge in [-0.1, -0.05) is 18.2 Å². The van der Waals surface area contributed by atoms with Gasteiger partial charge in [-0.25, -0.2) is 9.97 Å². The maximum absolute atomic E-state index is 11.2. The monoisotopic (exact) mass is 357 g/mol. The first kappa shape index (κ1) is 18.4. The number of anilines is 2. The number of piperidine rings is 1. The Morgan fingerprint density at radius 3 is 2.85 bits per heavy atom. The Kier molecular flexibility index (Phi) is 6.22. The predicted molar refractivity (Wildman–Crippen MR) is 102 cm³/mol. The summed E-state index contributed by atoms with van der Waals surface area (Å²) in [7, 11) is 0. The average molecular weight is 357 g/mol. The zero-order chi connectivity index (χ0) is 18.4. The van der Waals surface area contributed by atoms with Gasteiger partial charge in [0.2, 0.25) is 5.91 Å². The average Bonchev–Trinajstić information content (AvgIpc) is 2.67. The van der Waals surface area contributed by atoms with E-state index in [4.69, 9.17) is 0 Å². The fraction of sp³-hybridized carbons (Fsp3) is 0.526. The van der Waals surface area contributed by atoms with Gasteiger partial charge in [0.05, 0.1) is 6.10 Å². The van der Waals surface area contributed by atoms with Crippen molar-refractivity contribution < 1.29 is 9.90 Å². The van der Waals surface area contributed by atoms with Crippen LogP contribution in [0.25, 0.3) is 0 Å². The number of amides is 1. The quantitative estimate of drug-likeness (QED) is 0.717. The van der Waals surface area contributed by atoms with Crippen LogP contribution in [0.5, 0.6) is 0 Å². The summed E-state index contributed by atoms with van der Waals surface area (Å²) in [5, 5.41) is 16.5. The minimum atomic E-state index is -0.543. The summed E-state index contributed by atoms with van der Waals surface area (Å²) in [4.78, 5) is 22.0. The van der Waals surface area contributed by atoms with Crippen LogP contribution in [0.1, 0.15) is 32.6 Å². The summed E-state index contributed by atoms with van der Waals surface area (Å²) in [5.41, 5.74) is 0.957. The molecule has 1 aromatic heterocycles. The molecule has 3 rings (SSSR count). The Morgan fingerprint density at radius 1 is 1.35 bits per heavy atom. The highest BCUT2D eigenvalue weighted by molar-refractivity contribution is 5.73. The number of carbonyl (C=O) groups excluding carboxylic acids is 1. The molecular weight excluding hydrogens is 330 g/mol. The summed E-state index contributed by atoms with van der Waals surface area (Å²) in [6, 6.07) is 2.16. The molecule has 1 amide bonds. The van der Waals surface area contributed by atoms with Crippen molar-refractivity contribution in [2.45, 2.75) is 44.8 Å². The number of hydrogen-bond acceptors (Lipinski definition) is 6. The highest BCUT2D eigenvalue weighted by Gasteiger charge is 2.21. The lowest BCUT2D eigenvalue weighted by atomic mass is 10.0. The molecule has 0 unspecified atom stereocenters. The standard InChI is InChI=1S/C19H27N5O2/c1-14(25)23-16-7-9-24(10-8-16)19-11-18(21-13-22-19)20-12-17(26)15-5-3-2-4-6-15/h3,5-6,11,13,16-17,26H,2,4,7-10,12H2,1H3,(H,23,25)(H,20,21,22)/t17-/m0/s1. The normalized spacial score (nSPS) is 19.0. The van der Waals surface area contributed by atoms with E-state index in [0.717, 1.165) is 50.2 Å². The molecule has 140 valence electrons. The van der Waals surface area contributed by atoms with E-state index < -0.39 is 6.10 Å². The van der Waals surface area contributed by atoms with E-state index >= 15 is 0 Å². The van der Waals surface area contributed by atoms with Gasteiger partial charge in [0.1, 0.15) is 18.0 Å². The Bertz CT molecular complexity index is 680. The summed E-state index contributed by atoms with van der Waals surface area (Å²) in [6.07, 6.45) is 11.0. The number of allylic oxidation sites excluding steroid dienone is 2. The molecule has 1 aliphatic carbocycles. The van der Waals surface area contributed by atoms with Crippen LogP contribution in [-0.2, 0) is 4.79 Å². The minimum Gasteiger partial charge on any atom is -0.387 e. The number of carbonyl (C=O) groups is 1. The van der Waals surface area contributed by atoms with E-state index in [-0.39, 0.29) is 11.9 Å². The zero-order valence-corrected chi connectivity index (χ0v) is 15.2. The van der Waals surface area contributed by atoms with E-state index in [1.165, 1.54) is 0 Å². The molecule has 7 nitrogen and oxygen atoms in total. The van der Waals surface area contributed by atoms with E-state index in [2.05, 4.69) is 37.7 Å². The lowest BCUT2D eigenvalue weighted by Crippen LogP contribution is -2.44. The van der Waals surface area contributed by atoms with Gasteiger partial charge < -0.3 is 20.6 Å². The fourth-order valence-corrected chi connectivity index (χ4v) is 3.36. The van der Waals surface area contributed by atoms with E-state index in [1.54, 1.807) is 13.3 Å². The first-order chi connectivity index (χ1) is 12.6. The Labute approximate surface area is 154 Å². The van der Waals surface area contributed by atoms with Crippen LogP contribution in [0.4, 0.5) is 11.6 Å². The summed E-state index contributed by atoms with van der Waals surface area (Å²) >= 11 is 0. The number of rotatable bonds is 6. The molecule has 0 spiro atoms. The van der Waals surface area contributed by atoms with Crippen molar-refractivity contribution in [1.82, 2.24) is 15.3 Å². The topological polar surface area (TPSA) is 90.4 Å². The number of nitrogens with one attached hydrogen (secondary N) is 2. The van der Waals surface area contributed by atoms with Gasteiger partial charge in [0, 0.05) is 38.7 Å². The van der Waals surface area contributed by atoms with Crippen LogP contribution in [0, 0.1) is 0 Å². The van der Waals surface area contributed by atoms with Crippen LogP contribution in [0.15, 0.2) is 36.2 Å². The minimum absolute atomic E-state index is 0.0263. The second-order valence-electron chi connectivity index (χ2n) is 6.80. The van der Waals surface area contributed by atoms with Crippen molar-refractivity contribution in [3.63, 3.8) is 0 Å². The fourth-order valence-electron chi connectivity index (χ4n) is 3.36. The third kappa shape index (κ3) is 5.05. The van der Waals surface area contributed by atoms with Gasteiger partial charge in [-0.3, -0.25) is 4.79 Å². The molecule has 0 saturated carbocycles. The van der Waals surface area contributed by atoms with Crippen LogP contribution < -0.4 is 15.5 Å². The number of aliphatic hydroxyl groups is 1. The van der Waals surface area contributed by atoms with Crippen molar-refractivity contribution in [2.75, 3.05) is 29.9 Å². The number of hydrogen-bond donors (Lipinski definition) is 3. The number of aromatic nitrogens is 2. The lowest BCUT2D eigenvalue weighted by Gasteiger charge is -2.33. The molecule has 0 radical (unpaired) electrons. The highest BCUT2D eigenvalue weighted by atomic mass is 16.3. The number of aliphatic hydroxyl groups excluding tert-OH is 1. The molecule has 7 heteroatoms. The molecule has 1 fully saturated rings. The van der Waals surface area contributed by atoms with E-state index in [1.807, 2.05) is 12.1 Å². The smallest absolute Gasteiger partial charge is 0.217 e. The molecule has 1 aromatic rings. The maximum atomic E-state index is 11.2. The van der Waals surface area contributed by atoms with Gasteiger partial charge >= 0.3 is 0 Å². The second-order valence-corrected chi connectivity index (χ2v) is 6.80. The SMILES string of the molecule is CC(=O)NC1CCN(c2cc(NC[C@H](O)C3=CCCC=C3)ncn2)CC1. The lowest BCUT2D eigenvalue weighted by molar-refractivity contribution is -0.119. The predicted octanol–water partition coefficient (Wildman–Crippen LogP) is 1.63. The number of nitrogens with zero attached hydrogens (tertiary/aromatic N) is 3. The first-order valence-electron chi connectivity index (χ1n) is 9.24. The Balaban J connectivity index is 1.53. The largest absolute Gasteiger partial charge is 0.387 e. The molecule has 0 bridgehead atoms. The molecule has 1 aliphatic heterocycles. The van der Waals surface area contributed by atoms with Gasteiger partial charge in [-0.05, 0) is 31.3 Å². The summed E-state index contributed by atoms with van der Waals surface area (Å²) in [5.74, 6) is 1.60. The molecule has 0 aromatic carbocycles. The highest BCUT2D eigenvalue weighted by Crippen LogP contribution is 2.20. The molecule has 2 aliphatic rings. The van der Waals surface area contributed by atoms with E-state index in [9.17, 15) is 9.90 Å². The van der Waals surface area contributed by atoms with E-state index in [0.29, 0.717) is 12.4 Å². The van der Waals surface area contributed by atoms with Crippen LogP contribution in [0.2, 0.25) is 0 Å². The van der Waals surface area contributed by atoms with Crippen molar-refractivity contribution >= 4 is 17.5 Å².